The van der Waals surface area contributed by atoms with E-state index in [0.717, 1.165) is 10.3 Å². The molecule has 0 N–H and O–H groups in total. The zero-order valence-corrected chi connectivity index (χ0v) is 12.0. The standard InChI is InChI=1S/C16H18N2O3/c1-2-21-15(19)16(10-6-12-17)11-9-14(18(16)20)13-7-4-3-5-8-13/h3-5,7-8H,2,6,9-11H2,1H3. The van der Waals surface area contributed by atoms with Crippen LogP contribution in [0.15, 0.2) is 30.3 Å². The van der Waals surface area contributed by atoms with Gasteiger partial charge in [0, 0.05) is 31.2 Å². The van der Waals surface area contributed by atoms with E-state index in [1.165, 1.54) is 0 Å². The van der Waals surface area contributed by atoms with Gasteiger partial charge in [-0.25, -0.2) is 4.79 Å². The molecule has 0 saturated heterocycles. The van der Waals surface area contributed by atoms with Crippen LogP contribution >= 0.6 is 0 Å². The molecule has 1 atom stereocenters. The minimum atomic E-state index is -1.25. The molecular formula is C16H18N2O3. The number of nitrogens with zero attached hydrogens (tertiary/aromatic N) is 2. The van der Waals surface area contributed by atoms with Crippen molar-refractivity contribution < 1.29 is 14.3 Å². The molecule has 1 aliphatic heterocycles. The van der Waals surface area contributed by atoms with Crippen LogP contribution < -0.4 is 0 Å². The summed E-state index contributed by atoms with van der Waals surface area (Å²) in [5.74, 6) is -0.527. The van der Waals surface area contributed by atoms with E-state index < -0.39 is 11.5 Å². The number of benzene rings is 1. The van der Waals surface area contributed by atoms with Gasteiger partial charge in [0.05, 0.1) is 12.7 Å². The smallest absolute Gasteiger partial charge is 0.379 e. The Morgan fingerprint density at radius 3 is 2.81 bits per heavy atom. The molecule has 5 nitrogen and oxygen atoms in total. The molecule has 1 aromatic carbocycles. The van der Waals surface area contributed by atoms with Crippen LogP contribution in [0, 0.1) is 16.5 Å². The van der Waals surface area contributed by atoms with E-state index in [0.29, 0.717) is 18.6 Å². The molecule has 0 radical (unpaired) electrons. The largest absolute Gasteiger partial charge is 0.623 e. The lowest BCUT2D eigenvalue weighted by atomic mass is 9.91. The van der Waals surface area contributed by atoms with E-state index >= 15 is 0 Å². The zero-order chi connectivity index (χ0) is 15.3. The summed E-state index contributed by atoms with van der Waals surface area (Å²) in [6, 6.07) is 11.3. The molecule has 1 unspecified atom stereocenters. The van der Waals surface area contributed by atoms with Gasteiger partial charge < -0.3 is 9.94 Å². The minimum Gasteiger partial charge on any atom is -0.623 e. The van der Waals surface area contributed by atoms with E-state index in [1.54, 1.807) is 6.92 Å². The van der Waals surface area contributed by atoms with Gasteiger partial charge in [-0.2, -0.15) is 10.0 Å². The first-order valence-electron chi connectivity index (χ1n) is 7.08. The lowest BCUT2D eigenvalue weighted by Gasteiger charge is -2.25. The first kappa shape index (κ1) is 15.0. The molecule has 110 valence electrons. The zero-order valence-electron chi connectivity index (χ0n) is 12.0. The Morgan fingerprint density at radius 2 is 2.19 bits per heavy atom. The van der Waals surface area contributed by atoms with Crippen LogP contribution in [0.1, 0.15) is 38.2 Å². The molecule has 2 rings (SSSR count). The third-order valence-electron chi connectivity index (χ3n) is 3.82. The van der Waals surface area contributed by atoms with Crippen molar-refractivity contribution >= 4 is 11.7 Å². The molecule has 0 fully saturated rings. The fraction of sp³-hybridized carbons (Fsp3) is 0.438. The highest BCUT2D eigenvalue weighted by atomic mass is 16.5. The maximum Gasteiger partial charge on any atom is 0.379 e. The van der Waals surface area contributed by atoms with Crippen molar-refractivity contribution in [2.75, 3.05) is 6.61 Å². The molecule has 0 saturated carbocycles. The number of rotatable bonds is 5. The summed E-state index contributed by atoms with van der Waals surface area (Å²) in [6.07, 6.45) is 1.25. The van der Waals surface area contributed by atoms with Crippen LogP contribution in [0.5, 0.6) is 0 Å². The van der Waals surface area contributed by atoms with Crippen molar-refractivity contribution in [1.82, 2.24) is 0 Å². The van der Waals surface area contributed by atoms with Crippen molar-refractivity contribution in [3.8, 4) is 6.07 Å². The summed E-state index contributed by atoms with van der Waals surface area (Å²) in [7, 11) is 0. The summed E-state index contributed by atoms with van der Waals surface area (Å²) >= 11 is 0. The van der Waals surface area contributed by atoms with Crippen LogP contribution in [0.4, 0.5) is 0 Å². The topological polar surface area (TPSA) is 76.2 Å². The lowest BCUT2D eigenvalue weighted by Crippen LogP contribution is -2.46. The molecule has 0 bridgehead atoms. The van der Waals surface area contributed by atoms with Gasteiger partial charge in [0.15, 0.2) is 5.71 Å². The lowest BCUT2D eigenvalue weighted by molar-refractivity contribution is -0.527. The normalized spacial score (nSPS) is 21.1. The predicted molar refractivity (Wildman–Crippen MR) is 77.6 cm³/mol. The van der Waals surface area contributed by atoms with Crippen LogP contribution in [-0.2, 0) is 9.53 Å². The van der Waals surface area contributed by atoms with Crippen LogP contribution in [0.3, 0.4) is 0 Å². The molecule has 0 spiro atoms. The molecular weight excluding hydrogens is 268 g/mol. The van der Waals surface area contributed by atoms with E-state index in [1.807, 2.05) is 36.4 Å². The molecule has 1 aromatic rings. The highest BCUT2D eigenvalue weighted by Crippen LogP contribution is 2.33. The van der Waals surface area contributed by atoms with Crippen molar-refractivity contribution in [2.24, 2.45) is 0 Å². The first-order chi connectivity index (χ1) is 10.2. The van der Waals surface area contributed by atoms with Gasteiger partial charge >= 0.3 is 5.97 Å². The predicted octanol–water partition coefficient (Wildman–Crippen LogP) is 2.39. The van der Waals surface area contributed by atoms with Crippen molar-refractivity contribution in [2.45, 2.75) is 38.1 Å². The van der Waals surface area contributed by atoms with E-state index in [2.05, 4.69) is 0 Å². The van der Waals surface area contributed by atoms with Crippen molar-refractivity contribution in [1.29, 1.82) is 5.26 Å². The average molecular weight is 286 g/mol. The minimum absolute atomic E-state index is 0.152. The Labute approximate surface area is 124 Å². The molecule has 1 aliphatic rings. The Hall–Kier alpha value is -2.35. The van der Waals surface area contributed by atoms with Gasteiger partial charge in [0.1, 0.15) is 0 Å². The maximum absolute atomic E-state index is 12.7. The average Bonchev–Trinajstić information content (AvgIpc) is 2.84. The summed E-state index contributed by atoms with van der Waals surface area (Å²) < 4.78 is 5.85. The second-order valence-electron chi connectivity index (χ2n) is 5.02. The fourth-order valence-corrected chi connectivity index (χ4v) is 2.72. The van der Waals surface area contributed by atoms with Crippen LogP contribution in [0.2, 0.25) is 0 Å². The number of carbonyl (C=O) groups is 1. The molecule has 0 amide bonds. The van der Waals surface area contributed by atoms with Gasteiger partial charge in [-0.15, -0.1) is 0 Å². The second kappa shape index (κ2) is 6.40. The highest BCUT2D eigenvalue weighted by molar-refractivity contribution is 5.99. The monoisotopic (exact) mass is 286 g/mol. The third-order valence-corrected chi connectivity index (χ3v) is 3.82. The van der Waals surface area contributed by atoms with E-state index in [4.69, 9.17) is 10.00 Å². The number of nitriles is 1. The Balaban J connectivity index is 2.41. The fourth-order valence-electron chi connectivity index (χ4n) is 2.72. The Morgan fingerprint density at radius 1 is 1.48 bits per heavy atom. The Kier molecular flexibility index (Phi) is 4.59. The Bertz CT molecular complexity index is 589. The summed E-state index contributed by atoms with van der Waals surface area (Å²) in [4.78, 5) is 12.3. The number of hydroxylamine groups is 1. The molecule has 0 aliphatic carbocycles. The van der Waals surface area contributed by atoms with Gasteiger partial charge in [-0.3, -0.25) is 0 Å². The number of hydrogen-bond donors (Lipinski definition) is 0. The van der Waals surface area contributed by atoms with Crippen molar-refractivity contribution in [3.63, 3.8) is 0 Å². The summed E-state index contributed by atoms with van der Waals surface area (Å²) in [6.45, 7) is 1.93. The number of esters is 1. The maximum atomic E-state index is 12.7. The molecule has 21 heavy (non-hydrogen) atoms. The summed E-state index contributed by atoms with van der Waals surface area (Å²) in [5, 5.41) is 21.5. The SMILES string of the molecule is CCOC(=O)C1(CCC#N)CCC(c2ccccc2)=[N+]1[O-]. The third kappa shape index (κ3) is 2.75. The van der Waals surface area contributed by atoms with Gasteiger partial charge in [0.2, 0.25) is 0 Å². The van der Waals surface area contributed by atoms with Crippen LogP contribution in [-0.4, -0.2) is 28.6 Å². The molecule has 0 aromatic heterocycles. The quantitative estimate of drug-likeness (QED) is 0.473. The van der Waals surface area contributed by atoms with Gasteiger partial charge in [0.25, 0.3) is 5.54 Å². The second-order valence-corrected chi connectivity index (χ2v) is 5.02. The van der Waals surface area contributed by atoms with E-state index in [-0.39, 0.29) is 19.4 Å². The molecule has 5 heteroatoms. The van der Waals surface area contributed by atoms with Gasteiger partial charge in [-0.05, 0) is 19.1 Å². The number of hydrogen-bond acceptors (Lipinski definition) is 4. The number of carbonyl (C=O) groups excluding carboxylic acids is 1. The highest BCUT2D eigenvalue weighted by Gasteiger charge is 2.53. The first-order valence-corrected chi connectivity index (χ1v) is 7.08. The summed E-state index contributed by atoms with van der Waals surface area (Å²) in [5.41, 5.74) is 0.147. The molecule has 1 heterocycles. The van der Waals surface area contributed by atoms with E-state index in [9.17, 15) is 10.0 Å². The van der Waals surface area contributed by atoms with Crippen LogP contribution in [0.25, 0.3) is 0 Å². The van der Waals surface area contributed by atoms with Gasteiger partial charge in [-0.1, -0.05) is 18.2 Å². The number of ether oxygens (including phenoxy) is 1. The van der Waals surface area contributed by atoms with Crippen molar-refractivity contribution in [3.05, 3.63) is 41.1 Å².